The molecule has 1 aliphatic rings. The van der Waals surface area contributed by atoms with Crippen molar-refractivity contribution in [2.24, 2.45) is 0 Å². The van der Waals surface area contributed by atoms with Crippen molar-refractivity contribution in [2.45, 2.75) is 25.8 Å². The minimum absolute atomic E-state index is 0.166. The zero-order valence-corrected chi connectivity index (χ0v) is 8.90. The smallest absolute Gasteiger partial charge is 0.410 e. The quantitative estimate of drug-likeness (QED) is 0.810. The van der Waals surface area contributed by atoms with Crippen molar-refractivity contribution in [1.82, 2.24) is 9.88 Å². The van der Waals surface area contributed by atoms with Gasteiger partial charge in [-0.3, -0.25) is 4.90 Å². The third-order valence-corrected chi connectivity index (χ3v) is 2.74. The number of aromatic nitrogens is 1. The Hall–Kier alpha value is -1.45. The molecule has 0 radical (unpaired) electrons. The zero-order valence-electron chi connectivity index (χ0n) is 8.90. The van der Waals surface area contributed by atoms with Crippen LogP contribution in [0.2, 0.25) is 0 Å². The van der Waals surface area contributed by atoms with Gasteiger partial charge in [-0.25, -0.2) is 4.79 Å². The second-order valence-corrected chi connectivity index (χ2v) is 3.68. The number of hydrogen-bond donors (Lipinski definition) is 1. The number of hydrogen-bond acceptors (Lipinski definition) is 2. The van der Waals surface area contributed by atoms with E-state index in [0.29, 0.717) is 6.61 Å². The summed E-state index contributed by atoms with van der Waals surface area (Å²) < 4.78 is 5.03. The minimum Gasteiger partial charge on any atom is -0.450 e. The molecule has 1 aliphatic heterocycles. The van der Waals surface area contributed by atoms with Crippen LogP contribution in [0.1, 0.15) is 31.5 Å². The average molecular weight is 208 g/mol. The maximum atomic E-state index is 11.6. The Kier molecular flexibility index (Phi) is 2.94. The molecule has 15 heavy (non-hydrogen) atoms. The van der Waals surface area contributed by atoms with E-state index < -0.39 is 0 Å². The van der Waals surface area contributed by atoms with Crippen LogP contribution in [0.25, 0.3) is 0 Å². The number of amides is 1. The summed E-state index contributed by atoms with van der Waals surface area (Å²) in [5, 5.41) is 0. The van der Waals surface area contributed by atoms with Gasteiger partial charge in [-0.2, -0.15) is 0 Å². The number of rotatable bonds is 2. The lowest BCUT2D eigenvalue weighted by molar-refractivity contribution is 0.102. The molecule has 82 valence electrons. The van der Waals surface area contributed by atoms with Crippen molar-refractivity contribution in [3.63, 3.8) is 0 Å². The first kappa shape index (κ1) is 10.1. The van der Waals surface area contributed by atoms with Crippen LogP contribution >= 0.6 is 0 Å². The van der Waals surface area contributed by atoms with Crippen molar-refractivity contribution in [2.75, 3.05) is 13.2 Å². The number of carbonyl (C=O) groups is 1. The van der Waals surface area contributed by atoms with Gasteiger partial charge in [-0.05, 0) is 31.9 Å². The summed E-state index contributed by atoms with van der Waals surface area (Å²) in [4.78, 5) is 16.6. The number of nitrogens with zero attached hydrogens (tertiary/aromatic N) is 1. The van der Waals surface area contributed by atoms with Crippen molar-refractivity contribution in [1.29, 1.82) is 0 Å². The molecule has 1 atom stereocenters. The highest BCUT2D eigenvalue weighted by atomic mass is 16.6. The van der Waals surface area contributed by atoms with Gasteiger partial charge in [0.25, 0.3) is 0 Å². The number of H-pyrrole nitrogens is 1. The fourth-order valence-corrected chi connectivity index (χ4v) is 2.07. The van der Waals surface area contributed by atoms with Crippen molar-refractivity contribution in [3.8, 4) is 0 Å². The molecule has 0 spiro atoms. The fourth-order valence-electron chi connectivity index (χ4n) is 2.07. The zero-order chi connectivity index (χ0) is 10.7. The number of likely N-dealkylation sites (tertiary alicyclic amines) is 1. The SMILES string of the molecule is CCOC(=O)N1CCCC1c1ccc[nH]1. The molecule has 0 saturated carbocycles. The van der Waals surface area contributed by atoms with E-state index in [9.17, 15) is 4.79 Å². The molecule has 1 amide bonds. The van der Waals surface area contributed by atoms with Gasteiger partial charge in [0.05, 0.1) is 12.6 Å². The van der Waals surface area contributed by atoms with Gasteiger partial charge in [0, 0.05) is 18.4 Å². The molecule has 1 N–H and O–H groups in total. The molecule has 1 aromatic heterocycles. The first-order valence-electron chi connectivity index (χ1n) is 5.39. The summed E-state index contributed by atoms with van der Waals surface area (Å²) >= 11 is 0. The summed E-state index contributed by atoms with van der Waals surface area (Å²) in [6, 6.07) is 4.14. The minimum atomic E-state index is -0.199. The highest BCUT2D eigenvalue weighted by molar-refractivity contribution is 5.68. The number of nitrogens with one attached hydrogen (secondary N) is 1. The van der Waals surface area contributed by atoms with Crippen LogP contribution in [-0.4, -0.2) is 29.1 Å². The van der Waals surface area contributed by atoms with E-state index in [2.05, 4.69) is 4.98 Å². The topological polar surface area (TPSA) is 45.3 Å². The lowest BCUT2D eigenvalue weighted by Gasteiger charge is -2.22. The predicted octanol–water partition coefficient (Wildman–Crippen LogP) is 2.31. The molecular formula is C11H16N2O2. The Bertz CT molecular complexity index is 321. The molecule has 1 aromatic rings. The monoisotopic (exact) mass is 208 g/mol. The Morgan fingerprint density at radius 1 is 1.73 bits per heavy atom. The molecule has 1 fully saturated rings. The van der Waals surface area contributed by atoms with E-state index in [0.717, 1.165) is 25.1 Å². The van der Waals surface area contributed by atoms with Crippen LogP contribution in [0.15, 0.2) is 18.3 Å². The third-order valence-electron chi connectivity index (χ3n) is 2.74. The van der Waals surface area contributed by atoms with E-state index in [1.807, 2.05) is 25.3 Å². The van der Waals surface area contributed by atoms with E-state index >= 15 is 0 Å². The fraction of sp³-hybridized carbons (Fsp3) is 0.545. The van der Waals surface area contributed by atoms with Crippen LogP contribution in [0.3, 0.4) is 0 Å². The maximum Gasteiger partial charge on any atom is 0.410 e. The first-order valence-corrected chi connectivity index (χ1v) is 5.39. The summed E-state index contributed by atoms with van der Waals surface area (Å²) in [6.07, 6.45) is 3.74. The lowest BCUT2D eigenvalue weighted by Crippen LogP contribution is -2.31. The molecule has 4 heteroatoms. The Morgan fingerprint density at radius 2 is 2.60 bits per heavy atom. The van der Waals surface area contributed by atoms with Gasteiger partial charge in [-0.1, -0.05) is 0 Å². The molecule has 2 rings (SSSR count). The van der Waals surface area contributed by atoms with Crippen molar-refractivity contribution < 1.29 is 9.53 Å². The van der Waals surface area contributed by atoms with E-state index in [-0.39, 0.29) is 12.1 Å². The largest absolute Gasteiger partial charge is 0.450 e. The van der Waals surface area contributed by atoms with Gasteiger partial charge in [0.15, 0.2) is 0 Å². The molecule has 0 aromatic carbocycles. The van der Waals surface area contributed by atoms with Crippen molar-refractivity contribution >= 4 is 6.09 Å². The first-order chi connectivity index (χ1) is 7.33. The molecular weight excluding hydrogens is 192 g/mol. The van der Waals surface area contributed by atoms with E-state index in [1.54, 1.807) is 4.90 Å². The summed E-state index contributed by atoms with van der Waals surface area (Å²) in [5.74, 6) is 0. The highest BCUT2D eigenvalue weighted by Gasteiger charge is 2.31. The average Bonchev–Trinajstić information content (AvgIpc) is 2.88. The molecule has 1 saturated heterocycles. The molecule has 1 unspecified atom stereocenters. The highest BCUT2D eigenvalue weighted by Crippen LogP contribution is 2.31. The molecule has 4 nitrogen and oxygen atoms in total. The second kappa shape index (κ2) is 4.38. The van der Waals surface area contributed by atoms with Gasteiger partial charge >= 0.3 is 6.09 Å². The molecule has 0 bridgehead atoms. The molecule has 0 aliphatic carbocycles. The normalized spacial score (nSPS) is 20.6. The maximum absolute atomic E-state index is 11.6. The second-order valence-electron chi connectivity index (χ2n) is 3.68. The number of aromatic amines is 1. The van der Waals surface area contributed by atoms with Gasteiger partial charge < -0.3 is 9.72 Å². The summed E-state index contributed by atoms with van der Waals surface area (Å²) in [5.41, 5.74) is 1.10. The summed E-state index contributed by atoms with van der Waals surface area (Å²) in [7, 11) is 0. The summed E-state index contributed by atoms with van der Waals surface area (Å²) in [6.45, 7) is 3.06. The number of ether oxygens (including phenoxy) is 1. The van der Waals surface area contributed by atoms with Gasteiger partial charge in [0.2, 0.25) is 0 Å². The van der Waals surface area contributed by atoms with Gasteiger partial charge in [-0.15, -0.1) is 0 Å². The van der Waals surface area contributed by atoms with Crippen LogP contribution in [0.5, 0.6) is 0 Å². The Balaban J connectivity index is 2.08. The van der Waals surface area contributed by atoms with E-state index in [4.69, 9.17) is 4.74 Å². The van der Waals surface area contributed by atoms with E-state index in [1.165, 1.54) is 0 Å². The van der Waals surface area contributed by atoms with Gasteiger partial charge in [0.1, 0.15) is 0 Å². The number of carbonyl (C=O) groups excluding carboxylic acids is 1. The van der Waals surface area contributed by atoms with Crippen LogP contribution in [0.4, 0.5) is 4.79 Å². The van der Waals surface area contributed by atoms with Crippen LogP contribution in [-0.2, 0) is 4.74 Å². The van der Waals surface area contributed by atoms with Crippen molar-refractivity contribution in [3.05, 3.63) is 24.0 Å². The van der Waals surface area contributed by atoms with Crippen LogP contribution in [0, 0.1) is 0 Å². The lowest BCUT2D eigenvalue weighted by atomic mass is 10.1. The Labute approximate surface area is 89.2 Å². The Morgan fingerprint density at radius 3 is 3.27 bits per heavy atom. The predicted molar refractivity (Wildman–Crippen MR) is 56.5 cm³/mol. The standard InChI is InChI=1S/C11H16N2O2/c1-2-15-11(14)13-8-4-6-10(13)9-5-3-7-12-9/h3,5,7,10,12H,2,4,6,8H2,1H3. The third kappa shape index (κ3) is 1.98. The molecule has 2 heterocycles. The van der Waals surface area contributed by atoms with Crippen LogP contribution < -0.4 is 0 Å².